The van der Waals surface area contributed by atoms with Crippen molar-refractivity contribution in [1.29, 1.82) is 0 Å². The van der Waals surface area contributed by atoms with E-state index in [-0.39, 0.29) is 35.0 Å². The summed E-state index contributed by atoms with van der Waals surface area (Å²) in [5.41, 5.74) is 28.0. The van der Waals surface area contributed by atoms with E-state index in [1.807, 2.05) is 0 Å². The van der Waals surface area contributed by atoms with Crippen molar-refractivity contribution in [3.8, 4) is 0 Å². The number of aryl methyl sites for hydroxylation is 1. The van der Waals surface area contributed by atoms with Crippen molar-refractivity contribution >= 4 is 41.0 Å². The zero-order valence-corrected chi connectivity index (χ0v) is 32.2. The fourth-order valence-corrected chi connectivity index (χ4v) is 6.88. The zero-order chi connectivity index (χ0) is 39.6. The van der Waals surface area contributed by atoms with Crippen LogP contribution in [0.2, 0.25) is 5.15 Å². The Labute approximate surface area is 323 Å². The lowest BCUT2D eigenvalue weighted by atomic mass is 9.82. The highest BCUT2D eigenvalue weighted by molar-refractivity contribution is 6.31. The van der Waals surface area contributed by atoms with Gasteiger partial charge < -0.3 is 53.6 Å². The smallest absolute Gasteiger partial charge is 0.280 e. The molecule has 1 heterocycles. The van der Waals surface area contributed by atoms with Crippen LogP contribution in [0.1, 0.15) is 97.5 Å². The maximum atomic E-state index is 12.6. The molecule has 1 aliphatic rings. The Morgan fingerprint density at radius 3 is 2.30 bits per heavy atom. The number of benzene rings is 1. The standard InChI is InChI=1S/C37H61ClN10O6/c1-2-3-4-9-18-48(21-28(50)31(52)29(51)22-49)19-10-17-43-27(35(41)53)20-24-15-14-23(25-12-5-6-13-26(24)25)11-7-8-16-44-37(42)47-36(54)30-33(39)46-34(40)32(38)45-30/h14-15,27-29,31,43,49-52H,2-13,16-22H2,1H3,(H2,41,53)(H4,39,40,46)(H3,42,44,47,54)/t27?,28-,29+,31+/m0/s1. The maximum Gasteiger partial charge on any atom is 0.280 e. The minimum atomic E-state index is -1.44. The van der Waals surface area contributed by atoms with Gasteiger partial charge in [0.25, 0.3) is 5.91 Å². The van der Waals surface area contributed by atoms with Crippen LogP contribution in [-0.4, -0.2) is 117 Å². The largest absolute Gasteiger partial charge is 0.394 e. The number of carbonyl (C=O) groups is 2. The molecule has 0 spiro atoms. The average Bonchev–Trinajstić information content (AvgIpc) is 3.15. The number of guanidine groups is 1. The molecule has 2 amide bonds. The number of aliphatic imine (C=N–C) groups is 1. The number of nitrogens with zero attached hydrogens (tertiary/aromatic N) is 4. The quantitative estimate of drug-likeness (QED) is 0.0397. The number of anilines is 2. The van der Waals surface area contributed by atoms with Gasteiger partial charge in [-0.05, 0) is 106 Å². The molecule has 0 fully saturated rings. The van der Waals surface area contributed by atoms with E-state index >= 15 is 0 Å². The molecule has 1 aromatic heterocycles. The third-order valence-electron chi connectivity index (χ3n) is 9.78. The molecule has 4 atom stereocenters. The van der Waals surface area contributed by atoms with E-state index in [0.717, 1.165) is 82.7 Å². The lowest BCUT2D eigenvalue weighted by Gasteiger charge is -2.29. The molecule has 1 aliphatic carbocycles. The Morgan fingerprint density at radius 1 is 0.926 bits per heavy atom. The average molecular weight is 777 g/mol. The SMILES string of the molecule is CCCCCCN(CCCNC(Cc1ccc(CCCCN=C(N)NC(=O)c2nc(Cl)c(N)nc2N)c2c1CCCC2)C(N)=O)C[C@H](O)[C@@H](O)[C@H](O)CO. The molecular formula is C37H61ClN10O6. The molecule has 0 aliphatic heterocycles. The van der Waals surface area contributed by atoms with Gasteiger partial charge in [-0.25, -0.2) is 9.97 Å². The van der Waals surface area contributed by atoms with Gasteiger partial charge in [-0.3, -0.25) is 19.9 Å². The van der Waals surface area contributed by atoms with Gasteiger partial charge in [-0.2, -0.15) is 0 Å². The van der Waals surface area contributed by atoms with Crippen LogP contribution >= 0.6 is 11.6 Å². The summed E-state index contributed by atoms with van der Waals surface area (Å²) in [5, 5.41) is 45.2. The number of primary amides is 1. The number of carbonyl (C=O) groups excluding carboxylic acids is 2. The van der Waals surface area contributed by atoms with Crippen LogP contribution in [0.5, 0.6) is 0 Å². The van der Waals surface area contributed by atoms with Gasteiger partial charge in [0.1, 0.15) is 12.2 Å². The third-order valence-corrected chi connectivity index (χ3v) is 10.1. The van der Waals surface area contributed by atoms with Crippen LogP contribution in [0, 0.1) is 0 Å². The first-order valence-corrected chi connectivity index (χ1v) is 19.5. The Morgan fingerprint density at radius 2 is 1.61 bits per heavy atom. The second kappa shape index (κ2) is 23.3. The first kappa shape index (κ1) is 44.8. The number of hydrogen-bond acceptors (Lipinski definition) is 13. The number of hydrogen-bond donors (Lipinski definition) is 10. The van der Waals surface area contributed by atoms with Crippen molar-refractivity contribution in [2.45, 2.75) is 115 Å². The highest BCUT2D eigenvalue weighted by Gasteiger charge is 2.26. The Kier molecular flexibility index (Phi) is 19.3. The molecule has 0 radical (unpaired) electrons. The fraction of sp³-hybridized carbons (Fsp3) is 0.649. The molecule has 2 aromatic rings. The molecule has 17 heteroatoms. The summed E-state index contributed by atoms with van der Waals surface area (Å²) in [7, 11) is 0. The molecule has 302 valence electrons. The summed E-state index contributed by atoms with van der Waals surface area (Å²) >= 11 is 5.86. The monoisotopic (exact) mass is 776 g/mol. The number of nitrogen functional groups attached to an aromatic ring is 2. The van der Waals surface area contributed by atoms with Crippen molar-refractivity contribution < 1.29 is 30.0 Å². The predicted molar refractivity (Wildman–Crippen MR) is 211 cm³/mol. The van der Waals surface area contributed by atoms with Gasteiger partial charge in [0.2, 0.25) is 5.91 Å². The van der Waals surface area contributed by atoms with Crippen molar-refractivity contribution in [2.75, 3.05) is 50.8 Å². The minimum absolute atomic E-state index is 0.0677. The summed E-state index contributed by atoms with van der Waals surface area (Å²) in [6.45, 7) is 3.95. The molecule has 0 saturated carbocycles. The van der Waals surface area contributed by atoms with Crippen LogP contribution in [-0.2, 0) is 30.5 Å². The van der Waals surface area contributed by atoms with Gasteiger partial charge in [-0.1, -0.05) is 49.9 Å². The lowest BCUT2D eigenvalue weighted by Crippen LogP contribution is -2.47. The first-order chi connectivity index (χ1) is 25.9. The molecule has 54 heavy (non-hydrogen) atoms. The van der Waals surface area contributed by atoms with Crippen LogP contribution in [0.3, 0.4) is 0 Å². The molecule has 0 saturated heterocycles. The summed E-state index contributed by atoms with van der Waals surface area (Å²) in [5.74, 6) is -1.41. The maximum absolute atomic E-state index is 12.6. The van der Waals surface area contributed by atoms with Crippen LogP contribution in [0.25, 0.3) is 0 Å². The molecule has 14 N–H and O–H groups in total. The van der Waals surface area contributed by atoms with E-state index in [0.29, 0.717) is 32.5 Å². The molecule has 3 rings (SSSR count). The summed E-state index contributed by atoms with van der Waals surface area (Å²) in [6.07, 6.45) is 7.91. The van der Waals surface area contributed by atoms with Crippen molar-refractivity contribution in [2.24, 2.45) is 16.5 Å². The normalized spacial score (nSPS) is 15.4. The van der Waals surface area contributed by atoms with E-state index in [1.165, 1.54) is 16.7 Å². The number of fused-ring (bicyclic) bond motifs is 1. The van der Waals surface area contributed by atoms with E-state index in [9.17, 15) is 24.9 Å². The van der Waals surface area contributed by atoms with Gasteiger partial charge in [0.05, 0.1) is 18.8 Å². The molecule has 16 nitrogen and oxygen atoms in total. The van der Waals surface area contributed by atoms with E-state index in [2.05, 4.69) is 49.6 Å². The number of unbranched alkanes of at least 4 members (excludes halogenated alkanes) is 4. The number of halogens is 1. The van der Waals surface area contributed by atoms with E-state index < -0.39 is 42.8 Å². The van der Waals surface area contributed by atoms with Crippen molar-refractivity contribution in [3.63, 3.8) is 0 Å². The summed E-state index contributed by atoms with van der Waals surface area (Å²) < 4.78 is 0. The Balaban J connectivity index is 1.53. The Hall–Kier alpha value is -3.64. The number of amides is 2. The Bertz CT molecular complexity index is 1530. The number of nitrogens with one attached hydrogen (secondary N) is 2. The minimum Gasteiger partial charge on any atom is -0.394 e. The zero-order valence-electron chi connectivity index (χ0n) is 31.5. The highest BCUT2D eigenvalue weighted by atomic mass is 35.5. The molecular weight excluding hydrogens is 716 g/mol. The van der Waals surface area contributed by atoms with Crippen molar-refractivity contribution in [1.82, 2.24) is 25.5 Å². The van der Waals surface area contributed by atoms with Crippen molar-refractivity contribution in [3.05, 3.63) is 45.2 Å². The van der Waals surface area contributed by atoms with Gasteiger partial charge >= 0.3 is 0 Å². The van der Waals surface area contributed by atoms with Gasteiger partial charge in [0, 0.05) is 13.1 Å². The van der Waals surface area contributed by atoms with E-state index in [1.54, 1.807) is 0 Å². The summed E-state index contributed by atoms with van der Waals surface area (Å²) in [6, 6.07) is 3.73. The lowest BCUT2D eigenvalue weighted by molar-refractivity contribution is -0.120. The topological polar surface area (TPSA) is 285 Å². The predicted octanol–water partition coefficient (Wildman–Crippen LogP) is 0.574. The molecule has 1 unspecified atom stereocenters. The highest BCUT2D eigenvalue weighted by Crippen LogP contribution is 2.30. The fourth-order valence-electron chi connectivity index (χ4n) is 6.76. The van der Waals surface area contributed by atoms with Crippen LogP contribution < -0.4 is 33.6 Å². The van der Waals surface area contributed by atoms with Gasteiger partial charge in [0.15, 0.2) is 28.4 Å². The van der Waals surface area contributed by atoms with Crippen LogP contribution in [0.15, 0.2) is 17.1 Å². The number of aromatic nitrogens is 2. The molecule has 1 aromatic carbocycles. The first-order valence-electron chi connectivity index (χ1n) is 19.1. The molecule has 0 bridgehead atoms. The number of nitrogens with two attached hydrogens (primary N) is 4. The second-order valence-electron chi connectivity index (χ2n) is 14.0. The van der Waals surface area contributed by atoms with Gasteiger partial charge in [-0.15, -0.1) is 0 Å². The number of aliphatic hydroxyl groups is 4. The third kappa shape index (κ3) is 14.2. The van der Waals surface area contributed by atoms with Crippen LogP contribution in [0.4, 0.5) is 11.6 Å². The van der Waals surface area contributed by atoms with E-state index in [4.69, 9.17) is 39.6 Å². The summed E-state index contributed by atoms with van der Waals surface area (Å²) in [4.78, 5) is 39.0. The number of rotatable bonds is 24. The second-order valence-corrected chi connectivity index (χ2v) is 14.4. The number of aliphatic hydroxyl groups excluding tert-OH is 4.